The van der Waals surface area contributed by atoms with Gasteiger partial charge in [-0.25, -0.2) is 0 Å². The molecular weight excluding hydrogens is 787 g/mol. The van der Waals surface area contributed by atoms with Gasteiger partial charge in [0.2, 0.25) is 0 Å². The van der Waals surface area contributed by atoms with E-state index in [0.717, 1.165) is 89.9 Å². The number of carbonyl (C=O) groups is 3. The minimum atomic E-state index is -1.13. The van der Waals surface area contributed by atoms with Crippen LogP contribution in [0.15, 0.2) is 85.1 Å². The van der Waals surface area contributed by atoms with Crippen molar-refractivity contribution >= 4 is 17.9 Å². The van der Waals surface area contributed by atoms with E-state index in [1.807, 2.05) is 0 Å². The van der Waals surface area contributed by atoms with E-state index in [4.69, 9.17) is 14.2 Å². The minimum absolute atomic E-state index is 0.0268. The second kappa shape index (κ2) is 45.1. The van der Waals surface area contributed by atoms with Crippen LogP contribution < -0.4 is 5.11 Å². The predicted octanol–water partition coefficient (Wildman–Crippen LogP) is 13.1. The fourth-order valence-electron chi connectivity index (χ4n) is 6.91. The Morgan fingerprint density at radius 2 is 0.937 bits per heavy atom. The van der Waals surface area contributed by atoms with Crippen LogP contribution in [0.4, 0.5) is 0 Å². The number of carboxylic acid groups (broad SMARTS) is 1. The summed E-state index contributed by atoms with van der Waals surface area (Å²) in [5.41, 5.74) is 0. The monoisotopic (exact) mass is 880 g/mol. The maximum absolute atomic E-state index is 12.8. The summed E-state index contributed by atoms with van der Waals surface area (Å²) in [7, 11) is 5.40. The summed E-state index contributed by atoms with van der Waals surface area (Å²) in [4.78, 5) is 37.0. The number of nitrogens with zero attached hydrogens (tertiary/aromatic N) is 1. The molecule has 2 atom stereocenters. The number of carbonyl (C=O) groups excluding carboxylic acids is 3. The molecule has 360 valence electrons. The van der Waals surface area contributed by atoms with Crippen LogP contribution in [-0.4, -0.2) is 75.5 Å². The first-order valence-corrected chi connectivity index (χ1v) is 25.1. The van der Waals surface area contributed by atoms with Crippen molar-refractivity contribution in [3.8, 4) is 0 Å². The van der Waals surface area contributed by atoms with Crippen LogP contribution in [0.1, 0.15) is 194 Å². The van der Waals surface area contributed by atoms with E-state index in [1.54, 1.807) is 21.1 Å². The van der Waals surface area contributed by atoms with Crippen LogP contribution in [0, 0.1) is 0 Å². The summed E-state index contributed by atoms with van der Waals surface area (Å²) in [6, 6.07) is -0.735. The van der Waals surface area contributed by atoms with Gasteiger partial charge in [0.05, 0.1) is 40.3 Å². The van der Waals surface area contributed by atoms with Crippen LogP contribution in [0.25, 0.3) is 0 Å². The zero-order chi connectivity index (χ0) is 46.3. The highest BCUT2D eigenvalue weighted by atomic mass is 16.6. The number of rotatable bonds is 44. The topological polar surface area (TPSA) is 102 Å². The van der Waals surface area contributed by atoms with E-state index in [2.05, 4.69) is 98.9 Å². The van der Waals surface area contributed by atoms with E-state index in [0.29, 0.717) is 12.8 Å². The van der Waals surface area contributed by atoms with Crippen molar-refractivity contribution in [2.75, 3.05) is 41.0 Å². The average Bonchev–Trinajstić information content (AvgIpc) is 3.24. The lowest BCUT2D eigenvalue weighted by Gasteiger charge is -2.34. The Morgan fingerprint density at radius 1 is 0.508 bits per heavy atom. The van der Waals surface area contributed by atoms with Crippen molar-refractivity contribution < 1.29 is 38.2 Å². The molecule has 0 rings (SSSR count). The van der Waals surface area contributed by atoms with Gasteiger partial charge in [-0.3, -0.25) is 9.59 Å². The van der Waals surface area contributed by atoms with E-state index in [9.17, 15) is 19.5 Å². The molecule has 0 bridgehead atoms. The second-order valence-corrected chi connectivity index (χ2v) is 17.7. The molecule has 0 aliphatic heterocycles. The Labute approximate surface area is 386 Å². The number of allylic oxidation sites excluding steroid dienone is 14. The lowest BCUT2D eigenvalue weighted by molar-refractivity contribution is -0.889. The molecule has 0 spiro atoms. The van der Waals surface area contributed by atoms with Gasteiger partial charge in [-0.1, -0.05) is 176 Å². The average molecular weight is 880 g/mol. The van der Waals surface area contributed by atoms with Gasteiger partial charge >= 0.3 is 11.9 Å². The highest BCUT2D eigenvalue weighted by Crippen LogP contribution is 2.14. The van der Waals surface area contributed by atoms with Gasteiger partial charge in [0.1, 0.15) is 12.6 Å². The molecular formula is C55H93NO7. The first-order valence-electron chi connectivity index (χ1n) is 25.1. The van der Waals surface area contributed by atoms with Crippen molar-refractivity contribution in [2.45, 2.75) is 206 Å². The Morgan fingerprint density at radius 3 is 1.41 bits per heavy atom. The second-order valence-electron chi connectivity index (χ2n) is 17.7. The zero-order valence-electron chi connectivity index (χ0n) is 41.0. The standard InChI is InChI=1S/C55H93NO7/c1-6-8-10-12-14-16-18-20-22-24-26-28-29-31-33-35-37-39-41-43-45-53(57)62-50-51(49-61-48-47-52(55(59)60)56(3,4)5)63-54(58)46-44-42-40-38-36-34-32-30-27-25-23-21-19-17-15-13-11-9-7-2/h8,10,14-17,19-22,26,28,31,33,51-52H,6-7,9,11-13,18,23-25,27,29-30,32,34-50H2,1-5H3/b10-8+,16-14+,17-15+,21-19+,22-20+,28-26+,33-31+. The van der Waals surface area contributed by atoms with Crippen molar-refractivity contribution in [2.24, 2.45) is 0 Å². The first kappa shape index (κ1) is 59.5. The number of unbranched alkanes of at least 4 members (excludes halogenated alkanes) is 17. The molecule has 0 aliphatic rings. The SMILES string of the molecule is CC/C=C/C/C=C/C/C=C/C/C=C/C/C=C/CCCCCCC(=O)OCC(COCCC(C(=O)[O-])[N+](C)(C)C)OC(=O)CCCCCCCCCCCC/C=C/C=C/CCCCC. The van der Waals surface area contributed by atoms with Crippen LogP contribution >= 0.6 is 0 Å². The lowest BCUT2D eigenvalue weighted by atomic mass is 10.1. The van der Waals surface area contributed by atoms with Gasteiger partial charge in [-0.15, -0.1) is 0 Å². The molecule has 0 aromatic heterocycles. The third kappa shape index (κ3) is 43.5. The number of esters is 2. The number of hydrogen-bond donors (Lipinski definition) is 0. The maximum atomic E-state index is 12.8. The molecule has 0 saturated heterocycles. The molecule has 0 N–H and O–H groups in total. The highest BCUT2D eigenvalue weighted by molar-refractivity contribution is 5.70. The van der Waals surface area contributed by atoms with Gasteiger partial charge in [-0.05, 0) is 83.5 Å². The van der Waals surface area contributed by atoms with Crippen molar-refractivity contribution in [3.05, 3.63) is 85.1 Å². The number of hydrogen-bond acceptors (Lipinski definition) is 7. The largest absolute Gasteiger partial charge is 0.544 e. The fraction of sp³-hybridized carbons (Fsp3) is 0.691. The predicted molar refractivity (Wildman–Crippen MR) is 263 cm³/mol. The van der Waals surface area contributed by atoms with E-state index < -0.39 is 18.1 Å². The fourth-order valence-corrected chi connectivity index (χ4v) is 6.91. The van der Waals surface area contributed by atoms with Gasteiger partial charge in [-0.2, -0.15) is 0 Å². The molecule has 0 saturated carbocycles. The lowest BCUT2D eigenvalue weighted by Crippen LogP contribution is -2.55. The molecule has 2 unspecified atom stereocenters. The van der Waals surface area contributed by atoms with Gasteiger partial charge in [0, 0.05) is 19.3 Å². The smallest absolute Gasteiger partial charge is 0.306 e. The molecule has 0 aromatic rings. The number of quaternary nitrogens is 1. The summed E-state index contributed by atoms with van der Waals surface area (Å²) < 4.78 is 17.2. The number of ether oxygens (including phenoxy) is 3. The van der Waals surface area contributed by atoms with Gasteiger partial charge in [0.15, 0.2) is 6.10 Å². The molecule has 0 heterocycles. The maximum Gasteiger partial charge on any atom is 0.306 e. The summed E-state index contributed by atoms with van der Waals surface area (Å²) in [5.74, 6) is -1.78. The first-order chi connectivity index (χ1) is 30.6. The molecule has 0 fully saturated rings. The quantitative estimate of drug-likeness (QED) is 0.0197. The number of carboxylic acids is 1. The normalized spacial score (nSPS) is 13.6. The molecule has 0 radical (unpaired) electrons. The van der Waals surface area contributed by atoms with E-state index in [-0.39, 0.29) is 42.7 Å². The van der Waals surface area contributed by atoms with Crippen LogP contribution in [0.3, 0.4) is 0 Å². The molecule has 8 nitrogen and oxygen atoms in total. The number of aliphatic carboxylic acids is 1. The summed E-state index contributed by atoms with van der Waals surface area (Å²) in [5, 5.41) is 11.7. The van der Waals surface area contributed by atoms with Crippen molar-refractivity contribution in [1.82, 2.24) is 0 Å². The van der Waals surface area contributed by atoms with Crippen molar-refractivity contribution in [1.29, 1.82) is 0 Å². The van der Waals surface area contributed by atoms with Crippen molar-refractivity contribution in [3.63, 3.8) is 0 Å². The molecule has 8 heteroatoms. The highest BCUT2D eigenvalue weighted by Gasteiger charge is 2.25. The van der Waals surface area contributed by atoms with Gasteiger partial charge < -0.3 is 28.6 Å². The molecule has 0 amide bonds. The third-order valence-corrected chi connectivity index (χ3v) is 10.8. The summed E-state index contributed by atoms with van der Waals surface area (Å²) >= 11 is 0. The van der Waals surface area contributed by atoms with E-state index in [1.165, 1.54) is 70.6 Å². The van der Waals surface area contributed by atoms with Crippen LogP contribution in [-0.2, 0) is 28.6 Å². The van der Waals surface area contributed by atoms with Crippen LogP contribution in [0.2, 0.25) is 0 Å². The molecule has 63 heavy (non-hydrogen) atoms. The van der Waals surface area contributed by atoms with Crippen LogP contribution in [0.5, 0.6) is 0 Å². The molecule has 0 aromatic carbocycles. The Balaban J connectivity index is 4.33. The zero-order valence-corrected chi connectivity index (χ0v) is 41.0. The number of likely N-dealkylation sites (N-methyl/N-ethyl adjacent to an activating group) is 1. The molecule has 0 aliphatic carbocycles. The Bertz CT molecular complexity index is 1300. The Kier molecular flexibility index (Phi) is 42.6. The summed E-state index contributed by atoms with van der Waals surface area (Å²) in [6.45, 7) is 4.49. The third-order valence-electron chi connectivity index (χ3n) is 10.8. The minimum Gasteiger partial charge on any atom is -0.544 e. The Hall–Kier alpha value is -3.49. The van der Waals surface area contributed by atoms with E-state index >= 15 is 0 Å². The summed E-state index contributed by atoms with van der Waals surface area (Å²) in [6.07, 6.45) is 58.9. The van der Waals surface area contributed by atoms with Gasteiger partial charge in [0.25, 0.3) is 0 Å².